The van der Waals surface area contributed by atoms with E-state index in [2.05, 4.69) is 11.1 Å². The number of hydrogen-bond donors (Lipinski definition) is 1. The number of benzene rings is 1. The topological polar surface area (TPSA) is 48.8 Å². The van der Waals surface area contributed by atoms with Crippen molar-refractivity contribution in [3.63, 3.8) is 0 Å². The van der Waals surface area contributed by atoms with Crippen molar-refractivity contribution in [2.24, 2.45) is 0 Å². The highest BCUT2D eigenvalue weighted by atomic mass is 16.5. The maximum atomic E-state index is 9.16. The summed E-state index contributed by atoms with van der Waals surface area (Å²) in [6.45, 7) is 3.82. The Bertz CT molecular complexity index is 561. The number of rotatable bonds is 2. The van der Waals surface area contributed by atoms with Gasteiger partial charge < -0.3 is 9.72 Å². The predicted molar refractivity (Wildman–Crippen MR) is 63.5 cm³/mol. The van der Waals surface area contributed by atoms with Crippen molar-refractivity contribution >= 4 is 10.9 Å². The standard InChI is InChI=1S/C13H14N2O/c1-13(2,8-14)11-7-15-12-5-4-9(16-3)6-10(11)12/h4-7,15H,1-3H3. The highest BCUT2D eigenvalue weighted by molar-refractivity contribution is 5.86. The Morgan fingerprint density at radius 2 is 2.12 bits per heavy atom. The van der Waals surface area contributed by atoms with Crippen LogP contribution in [0, 0.1) is 11.3 Å². The summed E-state index contributed by atoms with van der Waals surface area (Å²) in [6.07, 6.45) is 1.90. The maximum Gasteiger partial charge on any atom is 0.119 e. The molecule has 16 heavy (non-hydrogen) atoms. The van der Waals surface area contributed by atoms with Gasteiger partial charge in [-0.1, -0.05) is 0 Å². The average Bonchev–Trinajstić information content (AvgIpc) is 2.72. The summed E-state index contributed by atoms with van der Waals surface area (Å²) in [5, 5.41) is 10.2. The highest BCUT2D eigenvalue weighted by Gasteiger charge is 2.23. The molecule has 0 bridgehead atoms. The molecule has 2 aromatic rings. The number of aromatic amines is 1. The monoisotopic (exact) mass is 214 g/mol. The van der Waals surface area contributed by atoms with Gasteiger partial charge >= 0.3 is 0 Å². The summed E-state index contributed by atoms with van der Waals surface area (Å²) in [6, 6.07) is 8.14. The third kappa shape index (κ3) is 1.53. The largest absolute Gasteiger partial charge is 0.497 e. The van der Waals surface area contributed by atoms with Gasteiger partial charge in [-0.15, -0.1) is 0 Å². The molecular weight excluding hydrogens is 200 g/mol. The van der Waals surface area contributed by atoms with E-state index in [1.54, 1.807) is 7.11 Å². The number of fused-ring (bicyclic) bond motifs is 1. The SMILES string of the molecule is COc1ccc2[nH]cc(C(C)(C)C#N)c2c1. The fraction of sp³-hybridized carbons (Fsp3) is 0.308. The molecule has 0 unspecified atom stereocenters. The van der Waals surface area contributed by atoms with Gasteiger partial charge in [0, 0.05) is 17.1 Å². The number of H-pyrrole nitrogens is 1. The van der Waals surface area contributed by atoms with Crippen LogP contribution in [0.2, 0.25) is 0 Å². The van der Waals surface area contributed by atoms with E-state index < -0.39 is 5.41 Å². The summed E-state index contributed by atoms with van der Waals surface area (Å²) in [7, 11) is 1.64. The Balaban J connectivity index is 2.68. The smallest absolute Gasteiger partial charge is 0.119 e. The lowest BCUT2D eigenvalue weighted by Gasteiger charge is -2.14. The quantitative estimate of drug-likeness (QED) is 0.835. The number of ether oxygens (including phenoxy) is 1. The van der Waals surface area contributed by atoms with Gasteiger partial charge in [-0.2, -0.15) is 5.26 Å². The number of hydrogen-bond acceptors (Lipinski definition) is 2. The van der Waals surface area contributed by atoms with E-state index in [4.69, 9.17) is 10.00 Å². The Labute approximate surface area is 94.7 Å². The summed E-state index contributed by atoms with van der Waals surface area (Å²) in [5.74, 6) is 0.807. The summed E-state index contributed by atoms with van der Waals surface area (Å²) in [5.41, 5.74) is 1.54. The highest BCUT2D eigenvalue weighted by Crippen LogP contribution is 2.31. The molecule has 3 nitrogen and oxygen atoms in total. The van der Waals surface area contributed by atoms with Crippen LogP contribution in [0.25, 0.3) is 10.9 Å². The van der Waals surface area contributed by atoms with Crippen molar-refractivity contribution in [3.8, 4) is 11.8 Å². The molecule has 0 aliphatic carbocycles. The Hall–Kier alpha value is -1.95. The van der Waals surface area contributed by atoms with Crippen molar-refractivity contribution in [2.75, 3.05) is 7.11 Å². The van der Waals surface area contributed by atoms with Crippen LogP contribution in [-0.2, 0) is 5.41 Å². The predicted octanol–water partition coefficient (Wildman–Crippen LogP) is 2.98. The molecule has 1 aromatic carbocycles. The molecule has 1 aromatic heterocycles. The zero-order valence-electron chi connectivity index (χ0n) is 9.66. The second kappa shape index (κ2) is 3.57. The van der Waals surface area contributed by atoms with Crippen LogP contribution in [0.5, 0.6) is 5.75 Å². The van der Waals surface area contributed by atoms with E-state index in [9.17, 15) is 0 Å². The van der Waals surface area contributed by atoms with Gasteiger partial charge in [0.1, 0.15) is 5.75 Å². The molecule has 3 heteroatoms. The van der Waals surface area contributed by atoms with Crippen LogP contribution in [0.3, 0.4) is 0 Å². The molecule has 0 spiro atoms. The maximum absolute atomic E-state index is 9.16. The lowest BCUT2D eigenvalue weighted by Crippen LogP contribution is -2.12. The second-order valence-electron chi connectivity index (χ2n) is 4.35. The van der Waals surface area contributed by atoms with Crippen molar-refractivity contribution < 1.29 is 4.74 Å². The van der Waals surface area contributed by atoms with Crippen LogP contribution in [-0.4, -0.2) is 12.1 Å². The number of aromatic nitrogens is 1. The first-order chi connectivity index (χ1) is 7.58. The number of nitrogens with zero attached hydrogens (tertiary/aromatic N) is 1. The van der Waals surface area contributed by atoms with E-state index in [1.807, 2.05) is 38.2 Å². The minimum atomic E-state index is -0.495. The first-order valence-electron chi connectivity index (χ1n) is 5.15. The third-order valence-corrected chi connectivity index (χ3v) is 2.84. The molecule has 1 N–H and O–H groups in total. The van der Waals surface area contributed by atoms with Crippen LogP contribution < -0.4 is 4.74 Å². The molecule has 0 saturated heterocycles. The normalized spacial score (nSPS) is 11.4. The van der Waals surface area contributed by atoms with E-state index in [-0.39, 0.29) is 0 Å². The van der Waals surface area contributed by atoms with Crippen LogP contribution >= 0.6 is 0 Å². The van der Waals surface area contributed by atoms with Crippen LogP contribution in [0.4, 0.5) is 0 Å². The summed E-state index contributed by atoms with van der Waals surface area (Å²) in [4.78, 5) is 3.17. The number of nitrogens with one attached hydrogen (secondary N) is 1. The lowest BCUT2D eigenvalue weighted by atomic mass is 9.86. The Kier molecular flexibility index (Phi) is 2.35. The van der Waals surface area contributed by atoms with Crippen molar-refractivity contribution in [3.05, 3.63) is 30.0 Å². The molecule has 2 rings (SSSR count). The zero-order chi connectivity index (χ0) is 11.8. The molecule has 1 heterocycles. The molecule has 0 atom stereocenters. The van der Waals surface area contributed by atoms with Gasteiger partial charge in [0.05, 0.1) is 18.6 Å². The van der Waals surface area contributed by atoms with Gasteiger partial charge in [0.2, 0.25) is 0 Å². The van der Waals surface area contributed by atoms with E-state index in [1.165, 1.54) is 0 Å². The van der Waals surface area contributed by atoms with Gasteiger partial charge in [0.15, 0.2) is 0 Å². The minimum Gasteiger partial charge on any atom is -0.497 e. The van der Waals surface area contributed by atoms with Gasteiger partial charge in [-0.05, 0) is 37.6 Å². The molecular formula is C13H14N2O. The van der Waals surface area contributed by atoms with E-state index >= 15 is 0 Å². The molecule has 0 fully saturated rings. The lowest BCUT2D eigenvalue weighted by molar-refractivity contribution is 0.415. The van der Waals surface area contributed by atoms with Gasteiger partial charge in [-0.25, -0.2) is 0 Å². The molecule has 0 radical (unpaired) electrons. The second-order valence-corrected chi connectivity index (χ2v) is 4.35. The third-order valence-electron chi connectivity index (χ3n) is 2.84. The summed E-state index contributed by atoms with van der Waals surface area (Å²) >= 11 is 0. The van der Waals surface area contributed by atoms with Crippen molar-refractivity contribution in [1.82, 2.24) is 4.98 Å². The van der Waals surface area contributed by atoms with E-state index in [0.29, 0.717) is 0 Å². The number of methoxy groups -OCH3 is 1. The fourth-order valence-corrected chi connectivity index (χ4v) is 1.80. The van der Waals surface area contributed by atoms with Crippen LogP contribution in [0.1, 0.15) is 19.4 Å². The first-order valence-corrected chi connectivity index (χ1v) is 5.15. The molecule has 0 aliphatic rings. The average molecular weight is 214 g/mol. The fourth-order valence-electron chi connectivity index (χ4n) is 1.80. The van der Waals surface area contributed by atoms with Gasteiger partial charge in [0.25, 0.3) is 0 Å². The Morgan fingerprint density at radius 3 is 2.75 bits per heavy atom. The van der Waals surface area contributed by atoms with Crippen molar-refractivity contribution in [1.29, 1.82) is 5.26 Å². The van der Waals surface area contributed by atoms with E-state index in [0.717, 1.165) is 22.2 Å². The zero-order valence-corrected chi connectivity index (χ0v) is 9.66. The van der Waals surface area contributed by atoms with Gasteiger partial charge in [-0.3, -0.25) is 0 Å². The molecule has 0 amide bonds. The number of nitriles is 1. The molecule has 0 aliphatic heterocycles. The summed E-state index contributed by atoms with van der Waals surface area (Å²) < 4.78 is 5.20. The molecule has 0 saturated carbocycles. The first kappa shape index (κ1) is 10.6. The Morgan fingerprint density at radius 1 is 1.38 bits per heavy atom. The van der Waals surface area contributed by atoms with Crippen molar-refractivity contribution in [2.45, 2.75) is 19.3 Å². The molecule has 82 valence electrons. The minimum absolute atomic E-state index is 0.495. The van der Waals surface area contributed by atoms with Crippen LogP contribution in [0.15, 0.2) is 24.4 Å².